The number of piperazine rings is 1. The number of benzene rings is 1. The van der Waals surface area contributed by atoms with Crippen LogP contribution in [0.4, 0.5) is 0 Å². The van der Waals surface area contributed by atoms with Crippen LogP contribution in [-0.4, -0.2) is 66.4 Å². The Hall–Kier alpha value is -2.12. The quantitative estimate of drug-likeness (QED) is 0.544. The fourth-order valence-electron chi connectivity index (χ4n) is 3.44. The molecule has 0 spiro atoms. The number of halogens is 1. The molecule has 0 atom stereocenters. The van der Waals surface area contributed by atoms with Gasteiger partial charge < -0.3 is 15.1 Å². The van der Waals surface area contributed by atoms with Gasteiger partial charge in [0.2, 0.25) is 5.91 Å². The minimum atomic E-state index is 0.143. The summed E-state index contributed by atoms with van der Waals surface area (Å²) in [7, 11) is 1.80. The molecule has 8 heteroatoms. The Kier molecular flexibility index (Phi) is 8.10. The number of carbonyl (C=O) groups excluding carboxylic acids is 1. The van der Waals surface area contributed by atoms with Crippen molar-refractivity contribution in [1.29, 1.82) is 0 Å². The van der Waals surface area contributed by atoms with E-state index in [1.807, 2.05) is 29.2 Å². The molecule has 3 rings (SSSR count). The average molecular weight is 448 g/mol. The zero-order valence-electron chi connectivity index (χ0n) is 17.9. The molecule has 0 bridgehead atoms. The molecule has 30 heavy (non-hydrogen) atoms. The fraction of sp³-hybridized carbons (Fsp3) is 0.500. The normalized spacial score (nSPS) is 15.0. The molecule has 2 heterocycles. The van der Waals surface area contributed by atoms with E-state index < -0.39 is 0 Å². The fourth-order valence-corrected chi connectivity index (χ4v) is 4.52. The molecule has 0 radical (unpaired) electrons. The molecule has 2 aromatic rings. The van der Waals surface area contributed by atoms with Crippen LogP contribution in [0.1, 0.15) is 36.0 Å². The van der Waals surface area contributed by atoms with Gasteiger partial charge in [-0.2, -0.15) is 0 Å². The first-order valence-corrected chi connectivity index (χ1v) is 11.6. The van der Waals surface area contributed by atoms with E-state index in [4.69, 9.17) is 11.6 Å². The third-order valence-electron chi connectivity index (χ3n) is 5.12. The monoisotopic (exact) mass is 447 g/mol. The van der Waals surface area contributed by atoms with Crippen molar-refractivity contribution in [3.05, 3.63) is 50.9 Å². The second-order valence-electron chi connectivity index (χ2n) is 7.73. The number of guanidine groups is 1. The predicted molar refractivity (Wildman–Crippen MR) is 125 cm³/mol. The van der Waals surface area contributed by atoms with Crippen LogP contribution in [0.25, 0.3) is 0 Å². The number of carbonyl (C=O) groups is 1. The topological polar surface area (TPSA) is 60.8 Å². The van der Waals surface area contributed by atoms with Gasteiger partial charge in [0.15, 0.2) is 5.96 Å². The van der Waals surface area contributed by atoms with E-state index in [2.05, 4.69) is 39.4 Å². The first kappa shape index (κ1) is 22.6. The highest BCUT2D eigenvalue weighted by atomic mass is 35.5. The largest absolute Gasteiger partial charge is 0.356 e. The van der Waals surface area contributed by atoms with E-state index in [-0.39, 0.29) is 5.91 Å². The standard InChI is InChI=1S/C22H30ClN5OS/c1-16(2)21-26-19(15-30-21)7-8-25-22(24-3)28-11-9-27(10-12-28)20(29)14-17-5-4-6-18(23)13-17/h4-6,13,15-16H,7-12,14H2,1-3H3,(H,24,25). The maximum Gasteiger partial charge on any atom is 0.227 e. The van der Waals surface area contributed by atoms with Crippen molar-refractivity contribution in [3.8, 4) is 0 Å². The van der Waals surface area contributed by atoms with Gasteiger partial charge in [0.25, 0.3) is 0 Å². The molecular weight excluding hydrogens is 418 g/mol. The van der Waals surface area contributed by atoms with E-state index in [9.17, 15) is 4.79 Å². The summed E-state index contributed by atoms with van der Waals surface area (Å²) >= 11 is 7.75. The number of nitrogens with one attached hydrogen (secondary N) is 1. The van der Waals surface area contributed by atoms with Crippen molar-refractivity contribution in [1.82, 2.24) is 20.1 Å². The Bertz CT molecular complexity index is 874. The van der Waals surface area contributed by atoms with Crippen molar-refractivity contribution in [2.24, 2.45) is 4.99 Å². The Balaban J connectivity index is 1.43. The van der Waals surface area contributed by atoms with Crippen molar-refractivity contribution < 1.29 is 4.79 Å². The van der Waals surface area contributed by atoms with Gasteiger partial charge in [-0.1, -0.05) is 37.6 Å². The molecule has 1 aromatic heterocycles. The Morgan fingerprint density at radius 1 is 1.27 bits per heavy atom. The molecule has 0 unspecified atom stereocenters. The molecule has 1 aliphatic rings. The molecule has 162 valence electrons. The number of hydrogen-bond acceptors (Lipinski definition) is 4. The van der Waals surface area contributed by atoms with Crippen LogP contribution in [0.5, 0.6) is 0 Å². The molecule has 1 aliphatic heterocycles. The van der Waals surface area contributed by atoms with Crippen molar-refractivity contribution in [2.45, 2.75) is 32.6 Å². The van der Waals surface area contributed by atoms with Gasteiger partial charge in [0, 0.05) is 62.5 Å². The zero-order valence-corrected chi connectivity index (χ0v) is 19.5. The molecular formula is C22H30ClN5OS. The lowest BCUT2D eigenvalue weighted by atomic mass is 10.1. The first-order valence-electron chi connectivity index (χ1n) is 10.4. The molecule has 0 saturated carbocycles. The van der Waals surface area contributed by atoms with E-state index in [1.165, 1.54) is 5.01 Å². The number of amides is 1. The smallest absolute Gasteiger partial charge is 0.227 e. The van der Waals surface area contributed by atoms with E-state index in [0.717, 1.165) is 43.3 Å². The van der Waals surface area contributed by atoms with E-state index in [1.54, 1.807) is 18.4 Å². The zero-order chi connectivity index (χ0) is 21.5. The second kappa shape index (κ2) is 10.8. The summed E-state index contributed by atoms with van der Waals surface area (Å²) < 4.78 is 0. The Morgan fingerprint density at radius 3 is 2.63 bits per heavy atom. The van der Waals surface area contributed by atoms with Crippen LogP contribution in [0.2, 0.25) is 5.02 Å². The van der Waals surface area contributed by atoms with Crippen LogP contribution in [0.3, 0.4) is 0 Å². The second-order valence-corrected chi connectivity index (χ2v) is 9.06. The minimum Gasteiger partial charge on any atom is -0.356 e. The van der Waals surface area contributed by atoms with Gasteiger partial charge in [0.05, 0.1) is 17.1 Å². The summed E-state index contributed by atoms with van der Waals surface area (Å²) in [5.41, 5.74) is 2.08. The SMILES string of the molecule is CN=C(NCCc1csc(C(C)C)n1)N1CCN(C(=O)Cc2cccc(Cl)c2)CC1. The molecule has 1 fully saturated rings. The lowest BCUT2D eigenvalue weighted by Gasteiger charge is -2.36. The van der Waals surface area contributed by atoms with Gasteiger partial charge >= 0.3 is 0 Å². The van der Waals surface area contributed by atoms with Crippen LogP contribution in [0.15, 0.2) is 34.6 Å². The highest BCUT2D eigenvalue weighted by Crippen LogP contribution is 2.19. The Labute approximate surface area is 188 Å². The highest BCUT2D eigenvalue weighted by molar-refractivity contribution is 7.09. The summed E-state index contributed by atoms with van der Waals surface area (Å²) in [6.07, 6.45) is 1.26. The number of aliphatic imine (C=N–C) groups is 1. The Morgan fingerprint density at radius 2 is 2.00 bits per heavy atom. The van der Waals surface area contributed by atoms with Gasteiger partial charge in [-0.15, -0.1) is 11.3 Å². The van der Waals surface area contributed by atoms with Crippen LogP contribution < -0.4 is 5.32 Å². The van der Waals surface area contributed by atoms with Gasteiger partial charge in [0.1, 0.15) is 0 Å². The lowest BCUT2D eigenvalue weighted by molar-refractivity contribution is -0.131. The molecule has 6 nitrogen and oxygen atoms in total. The van der Waals surface area contributed by atoms with Gasteiger partial charge in [-0.05, 0) is 17.7 Å². The summed E-state index contributed by atoms with van der Waals surface area (Å²) in [5.74, 6) is 1.50. The molecule has 0 aliphatic carbocycles. The summed E-state index contributed by atoms with van der Waals surface area (Å²) in [6.45, 7) is 8.07. The summed E-state index contributed by atoms with van der Waals surface area (Å²) in [6, 6.07) is 7.50. The number of rotatable bonds is 6. The third kappa shape index (κ3) is 6.19. The maximum atomic E-state index is 12.6. The van der Waals surface area contributed by atoms with E-state index >= 15 is 0 Å². The maximum absolute atomic E-state index is 12.6. The first-order chi connectivity index (χ1) is 14.5. The molecule has 1 N–H and O–H groups in total. The molecule has 1 amide bonds. The lowest BCUT2D eigenvalue weighted by Crippen LogP contribution is -2.54. The van der Waals surface area contributed by atoms with Crippen LogP contribution >= 0.6 is 22.9 Å². The molecule has 1 aromatic carbocycles. The van der Waals surface area contributed by atoms with Crippen molar-refractivity contribution >= 4 is 34.8 Å². The third-order valence-corrected chi connectivity index (χ3v) is 6.54. The molecule has 1 saturated heterocycles. The summed E-state index contributed by atoms with van der Waals surface area (Å²) in [4.78, 5) is 25.9. The van der Waals surface area contributed by atoms with Gasteiger partial charge in [-0.25, -0.2) is 4.98 Å². The van der Waals surface area contributed by atoms with E-state index in [0.29, 0.717) is 30.5 Å². The highest BCUT2D eigenvalue weighted by Gasteiger charge is 2.23. The summed E-state index contributed by atoms with van der Waals surface area (Å²) in [5, 5.41) is 7.43. The number of nitrogens with zero attached hydrogens (tertiary/aromatic N) is 4. The number of aromatic nitrogens is 1. The average Bonchev–Trinajstić information content (AvgIpc) is 3.21. The number of thiazole rings is 1. The van der Waals surface area contributed by atoms with Crippen molar-refractivity contribution in [3.63, 3.8) is 0 Å². The predicted octanol–water partition coefficient (Wildman–Crippen LogP) is 3.42. The number of hydrogen-bond donors (Lipinski definition) is 1. The minimum absolute atomic E-state index is 0.143. The van der Waals surface area contributed by atoms with Gasteiger partial charge in [-0.3, -0.25) is 9.79 Å². The van der Waals surface area contributed by atoms with Crippen LogP contribution in [-0.2, 0) is 17.6 Å². The van der Waals surface area contributed by atoms with Crippen LogP contribution in [0, 0.1) is 0 Å². The van der Waals surface area contributed by atoms with Crippen molar-refractivity contribution in [2.75, 3.05) is 39.8 Å².